The normalized spacial score (nSPS) is 26.6. The Bertz CT molecular complexity index is 299. The molecule has 0 saturated carbocycles. The van der Waals surface area contributed by atoms with Gasteiger partial charge >= 0.3 is 0 Å². The third kappa shape index (κ3) is 3.73. The Morgan fingerprint density at radius 3 is 2.39 bits per heavy atom. The standard InChI is InChI=1S/C16H30N2/c1-8-16(6,7)18-11-14(9-12(2)3)17-10-15(18)13(4)5/h1,12-15,17H,9-11H2,2-7H3. The van der Waals surface area contributed by atoms with E-state index in [-0.39, 0.29) is 5.54 Å². The van der Waals surface area contributed by atoms with E-state index < -0.39 is 0 Å². The van der Waals surface area contributed by atoms with Crippen LogP contribution in [0.5, 0.6) is 0 Å². The maximum absolute atomic E-state index is 5.73. The molecular formula is C16H30N2. The summed E-state index contributed by atoms with van der Waals surface area (Å²) in [7, 11) is 0. The second-order valence-corrected chi connectivity index (χ2v) is 6.90. The minimum absolute atomic E-state index is 0.147. The highest BCUT2D eigenvalue weighted by atomic mass is 15.3. The number of hydrogen-bond donors (Lipinski definition) is 1. The van der Waals surface area contributed by atoms with Gasteiger partial charge in [-0.3, -0.25) is 4.90 Å². The van der Waals surface area contributed by atoms with Gasteiger partial charge in [-0.15, -0.1) is 6.42 Å². The zero-order valence-corrected chi connectivity index (χ0v) is 13.0. The van der Waals surface area contributed by atoms with E-state index in [0.717, 1.165) is 19.0 Å². The molecule has 1 aliphatic heterocycles. The molecule has 2 nitrogen and oxygen atoms in total. The largest absolute Gasteiger partial charge is 0.311 e. The lowest BCUT2D eigenvalue weighted by atomic mass is 9.90. The van der Waals surface area contributed by atoms with Gasteiger partial charge in [0.05, 0.1) is 5.54 Å². The Morgan fingerprint density at radius 1 is 1.33 bits per heavy atom. The number of hydrogen-bond acceptors (Lipinski definition) is 2. The molecule has 0 spiro atoms. The fraction of sp³-hybridized carbons (Fsp3) is 0.875. The third-order valence-corrected chi connectivity index (χ3v) is 4.03. The highest BCUT2D eigenvalue weighted by Crippen LogP contribution is 2.25. The molecule has 104 valence electrons. The van der Waals surface area contributed by atoms with Gasteiger partial charge < -0.3 is 5.32 Å². The molecule has 1 saturated heterocycles. The van der Waals surface area contributed by atoms with Crippen molar-refractivity contribution >= 4 is 0 Å². The van der Waals surface area contributed by atoms with Crippen molar-refractivity contribution in [3.63, 3.8) is 0 Å². The van der Waals surface area contributed by atoms with Gasteiger partial charge in [-0.1, -0.05) is 33.6 Å². The summed E-state index contributed by atoms with van der Waals surface area (Å²) >= 11 is 0. The fourth-order valence-electron chi connectivity index (χ4n) is 2.88. The van der Waals surface area contributed by atoms with Crippen molar-refractivity contribution in [3.8, 4) is 12.3 Å². The fourth-order valence-corrected chi connectivity index (χ4v) is 2.88. The zero-order chi connectivity index (χ0) is 13.9. The minimum Gasteiger partial charge on any atom is -0.311 e. The van der Waals surface area contributed by atoms with Crippen LogP contribution in [0, 0.1) is 24.2 Å². The molecule has 2 atom stereocenters. The molecular weight excluding hydrogens is 220 g/mol. The maximum Gasteiger partial charge on any atom is 0.0769 e. The number of nitrogens with one attached hydrogen (secondary N) is 1. The first-order valence-electron chi connectivity index (χ1n) is 7.25. The molecule has 0 aromatic rings. The van der Waals surface area contributed by atoms with Crippen LogP contribution in [0.15, 0.2) is 0 Å². The van der Waals surface area contributed by atoms with E-state index in [1.54, 1.807) is 0 Å². The molecule has 0 bridgehead atoms. The zero-order valence-electron chi connectivity index (χ0n) is 13.0. The molecule has 0 radical (unpaired) electrons. The smallest absolute Gasteiger partial charge is 0.0769 e. The third-order valence-electron chi connectivity index (χ3n) is 4.03. The summed E-state index contributed by atoms with van der Waals surface area (Å²) in [6, 6.07) is 1.12. The molecule has 0 aromatic heterocycles. The van der Waals surface area contributed by atoms with Gasteiger partial charge in [0.2, 0.25) is 0 Å². The van der Waals surface area contributed by atoms with Crippen molar-refractivity contribution in [3.05, 3.63) is 0 Å². The second kappa shape index (κ2) is 6.08. The molecule has 1 heterocycles. The summed E-state index contributed by atoms with van der Waals surface area (Å²) in [5.74, 6) is 4.33. The summed E-state index contributed by atoms with van der Waals surface area (Å²) in [6.45, 7) is 15.6. The number of terminal acetylenes is 1. The molecule has 0 amide bonds. The summed E-state index contributed by atoms with van der Waals surface area (Å²) < 4.78 is 0. The first-order chi connectivity index (χ1) is 8.27. The van der Waals surface area contributed by atoms with E-state index in [1.807, 2.05) is 0 Å². The van der Waals surface area contributed by atoms with E-state index in [2.05, 4.69) is 57.7 Å². The average Bonchev–Trinajstić information content (AvgIpc) is 2.27. The van der Waals surface area contributed by atoms with E-state index in [4.69, 9.17) is 6.42 Å². The topological polar surface area (TPSA) is 15.3 Å². The summed E-state index contributed by atoms with van der Waals surface area (Å²) in [4.78, 5) is 2.53. The molecule has 2 heteroatoms. The number of nitrogens with zero attached hydrogens (tertiary/aromatic N) is 1. The van der Waals surface area contributed by atoms with Crippen LogP contribution in [0.2, 0.25) is 0 Å². The molecule has 2 unspecified atom stereocenters. The molecule has 0 aliphatic carbocycles. The summed E-state index contributed by atoms with van der Waals surface area (Å²) in [5.41, 5.74) is -0.147. The highest BCUT2D eigenvalue weighted by molar-refractivity contribution is 5.11. The van der Waals surface area contributed by atoms with Crippen molar-refractivity contribution in [2.24, 2.45) is 11.8 Å². The van der Waals surface area contributed by atoms with Gasteiger partial charge in [-0.05, 0) is 32.1 Å². The van der Waals surface area contributed by atoms with Crippen molar-refractivity contribution < 1.29 is 0 Å². The van der Waals surface area contributed by atoms with Gasteiger partial charge in [0.25, 0.3) is 0 Å². The SMILES string of the molecule is C#CC(C)(C)N1CC(CC(C)C)NCC1C(C)C. The van der Waals surface area contributed by atoms with Crippen LogP contribution in [0.4, 0.5) is 0 Å². The Morgan fingerprint density at radius 2 is 1.94 bits per heavy atom. The molecule has 1 N–H and O–H groups in total. The quantitative estimate of drug-likeness (QED) is 0.772. The minimum atomic E-state index is -0.147. The van der Waals surface area contributed by atoms with Gasteiger partial charge in [0.15, 0.2) is 0 Å². The molecule has 1 fully saturated rings. The lowest BCUT2D eigenvalue weighted by molar-refractivity contribution is 0.0350. The average molecular weight is 250 g/mol. The molecule has 18 heavy (non-hydrogen) atoms. The Hall–Kier alpha value is -0.520. The Kier molecular flexibility index (Phi) is 5.25. The molecule has 1 aliphatic rings. The predicted octanol–water partition coefficient (Wildman–Crippen LogP) is 2.74. The second-order valence-electron chi connectivity index (χ2n) is 6.90. The van der Waals surface area contributed by atoms with Crippen LogP contribution >= 0.6 is 0 Å². The van der Waals surface area contributed by atoms with Crippen LogP contribution in [0.25, 0.3) is 0 Å². The Balaban J connectivity index is 2.81. The highest BCUT2D eigenvalue weighted by Gasteiger charge is 2.37. The van der Waals surface area contributed by atoms with Crippen molar-refractivity contribution in [2.45, 2.75) is 65.6 Å². The van der Waals surface area contributed by atoms with Crippen LogP contribution < -0.4 is 5.32 Å². The van der Waals surface area contributed by atoms with Crippen LogP contribution in [0.1, 0.15) is 48.0 Å². The number of piperazine rings is 1. The van der Waals surface area contributed by atoms with Gasteiger partial charge in [0.1, 0.15) is 0 Å². The van der Waals surface area contributed by atoms with Crippen molar-refractivity contribution in [1.82, 2.24) is 10.2 Å². The van der Waals surface area contributed by atoms with Gasteiger partial charge in [-0.2, -0.15) is 0 Å². The predicted molar refractivity (Wildman–Crippen MR) is 79.5 cm³/mol. The lowest BCUT2D eigenvalue weighted by Gasteiger charge is -2.48. The lowest BCUT2D eigenvalue weighted by Crippen LogP contribution is -2.64. The monoisotopic (exact) mass is 250 g/mol. The van der Waals surface area contributed by atoms with Gasteiger partial charge in [-0.25, -0.2) is 0 Å². The summed E-state index contributed by atoms with van der Waals surface area (Å²) in [5, 5.41) is 3.70. The van der Waals surface area contributed by atoms with E-state index in [1.165, 1.54) is 6.42 Å². The summed E-state index contributed by atoms with van der Waals surface area (Å²) in [6.07, 6.45) is 6.96. The van der Waals surface area contributed by atoms with Crippen molar-refractivity contribution in [2.75, 3.05) is 13.1 Å². The van der Waals surface area contributed by atoms with Crippen molar-refractivity contribution in [1.29, 1.82) is 0 Å². The maximum atomic E-state index is 5.73. The van der Waals surface area contributed by atoms with E-state index >= 15 is 0 Å². The van der Waals surface area contributed by atoms with Crippen LogP contribution in [-0.4, -0.2) is 35.6 Å². The van der Waals surface area contributed by atoms with Crippen LogP contribution in [0.3, 0.4) is 0 Å². The van der Waals surface area contributed by atoms with E-state index in [0.29, 0.717) is 18.0 Å². The van der Waals surface area contributed by atoms with Gasteiger partial charge in [0, 0.05) is 25.2 Å². The van der Waals surface area contributed by atoms with E-state index in [9.17, 15) is 0 Å². The first-order valence-corrected chi connectivity index (χ1v) is 7.25. The molecule has 1 rings (SSSR count). The first kappa shape index (κ1) is 15.5. The van der Waals surface area contributed by atoms with Crippen LogP contribution in [-0.2, 0) is 0 Å². The number of rotatable bonds is 4. The molecule has 0 aromatic carbocycles. The Labute approximate surface area is 114 Å².